The Morgan fingerprint density at radius 1 is 1.19 bits per heavy atom. The van der Waals surface area contributed by atoms with Crippen molar-refractivity contribution in [3.05, 3.63) is 57.1 Å². The highest BCUT2D eigenvalue weighted by molar-refractivity contribution is 8.18. The Bertz CT molecular complexity index is 842. The minimum Gasteiger partial charge on any atom is -0.325 e. The number of hydrogen-bond acceptors (Lipinski definition) is 5. The second-order valence-corrected chi connectivity index (χ2v) is 7.75. The van der Waals surface area contributed by atoms with E-state index in [4.69, 9.17) is 0 Å². The van der Waals surface area contributed by atoms with E-state index in [9.17, 15) is 14.4 Å². The van der Waals surface area contributed by atoms with Crippen LogP contribution in [-0.2, 0) is 16.0 Å². The molecule has 1 aliphatic heterocycles. The minimum atomic E-state index is -0.429. The van der Waals surface area contributed by atoms with Crippen molar-refractivity contribution >= 4 is 51.9 Å². The molecule has 3 amide bonds. The van der Waals surface area contributed by atoms with Crippen molar-refractivity contribution in [2.24, 2.45) is 0 Å². The fourth-order valence-electron chi connectivity index (χ4n) is 2.53. The number of amides is 3. The second-order valence-electron chi connectivity index (χ2n) is 5.78. The van der Waals surface area contributed by atoms with Crippen LogP contribution >= 0.6 is 23.1 Å². The summed E-state index contributed by atoms with van der Waals surface area (Å²) in [5.41, 5.74) is 1.85. The average Bonchev–Trinajstić information content (AvgIpc) is 3.21. The molecule has 1 aromatic carbocycles. The summed E-state index contributed by atoms with van der Waals surface area (Å²) in [5.74, 6) is -0.824. The van der Waals surface area contributed by atoms with Gasteiger partial charge in [0, 0.05) is 10.6 Å². The minimum absolute atomic E-state index is 0.289. The van der Waals surface area contributed by atoms with Crippen LogP contribution in [0.2, 0.25) is 0 Å². The van der Waals surface area contributed by atoms with Gasteiger partial charge in [-0.15, -0.1) is 11.3 Å². The van der Waals surface area contributed by atoms with Crippen molar-refractivity contribution in [3.63, 3.8) is 0 Å². The van der Waals surface area contributed by atoms with Crippen LogP contribution in [0.25, 0.3) is 6.08 Å². The first-order valence-electron chi connectivity index (χ1n) is 8.24. The lowest BCUT2D eigenvalue weighted by atomic mass is 10.1. The number of imide groups is 1. The van der Waals surface area contributed by atoms with Crippen LogP contribution in [0.5, 0.6) is 0 Å². The molecule has 3 rings (SSSR count). The van der Waals surface area contributed by atoms with E-state index in [2.05, 4.69) is 12.2 Å². The Hall–Kier alpha value is -2.38. The van der Waals surface area contributed by atoms with E-state index in [1.807, 2.05) is 41.8 Å². The maximum atomic E-state index is 12.4. The fraction of sp³-hybridized carbons (Fsp3) is 0.211. The highest BCUT2D eigenvalue weighted by Gasteiger charge is 2.36. The predicted molar refractivity (Wildman–Crippen MR) is 106 cm³/mol. The van der Waals surface area contributed by atoms with Crippen LogP contribution in [0.3, 0.4) is 0 Å². The van der Waals surface area contributed by atoms with Gasteiger partial charge in [-0.3, -0.25) is 19.3 Å². The van der Waals surface area contributed by atoms with Gasteiger partial charge in [0.25, 0.3) is 11.1 Å². The third-order valence-electron chi connectivity index (χ3n) is 3.77. The maximum absolute atomic E-state index is 12.4. The monoisotopic (exact) mass is 386 g/mol. The molecule has 0 unspecified atom stereocenters. The number of carbonyl (C=O) groups excluding carboxylic acids is 3. The first-order valence-corrected chi connectivity index (χ1v) is 9.94. The molecule has 1 aliphatic rings. The van der Waals surface area contributed by atoms with Gasteiger partial charge < -0.3 is 5.32 Å². The molecule has 2 aromatic rings. The normalized spacial score (nSPS) is 15.7. The summed E-state index contributed by atoms with van der Waals surface area (Å²) in [6, 6.07) is 11.3. The summed E-state index contributed by atoms with van der Waals surface area (Å²) in [6.45, 7) is 1.82. The number of rotatable bonds is 6. The highest BCUT2D eigenvalue weighted by Crippen LogP contribution is 2.32. The highest BCUT2D eigenvalue weighted by atomic mass is 32.2. The van der Waals surface area contributed by atoms with E-state index < -0.39 is 17.1 Å². The summed E-state index contributed by atoms with van der Waals surface area (Å²) >= 11 is 2.34. The molecule has 0 radical (unpaired) electrons. The number of thiophene rings is 1. The molecule has 26 heavy (non-hydrogen) atoms. The third kappa shape index (κ3) is 4.42. The summed E-state index contributed by atoms with van der Waals surface area (Å²) in [5, 5.41) is 4.20. The number of nitrogens with one attached hydrogen (secondary N) is 1. The van der Waals surface area contributed by atoms with Crippen LogP contribution in [0, 0.1) is 0 Å². The molecular formula is C19H18N2O3S2. The van der Waals surface area contributed by atoms with Gasteiger partial charge in [0.1, 0.15) is 6.54 Å². The van der Waals surface area contributed by atoms with Crippen molar-refractivity contribution in [1.29, 1.82) is 0 Å². The zero-order chi connectivity index (χ0) is 18.5. The number of benzene rings is 1. The molecule has 0 aliphatic carbocycles. The van der Waals surface area contributed by atoms with E-state index in [0.29, 0.717) is 10.6 Å². The van der Waals surface area contributed by atoms with Crippen molar-refractivity contribution < 1.29 is 14.4 Å². The zero-order valence-electron chi connectivity index (χ0n) is 14.2. The molecule has 0 saturated carbocycles. The van der Waals surface area contributed by atoms with Crippen LogP contribution in [0.4, 0.5) is 10.5 Å². The summed E-state index contributed by atoms with van der Waals surface area (Å²) in [7, 11) is 0. The summed E-state index contributed by atoms with van der Waals surface area (Å²) in [6.07, 6.45) is 3.73. The van der Waals surface area contributed by atoms with Crippen LogP contribution < -0.4 is 5.32 Å². The van der Waals surface area contributed by atoms with Gasteiger partial charge in [0.15, 0.2) is 0 Å². The summed E-state index contributed by atoms with van der Waals surface area (Å²) in [4.78, 5) is 38.9. The van der Waals surface area contributed by atoms with Crippen LogP contribution in [0.1, 0.15) is 23.8 Å². The van der Waals surface area contributed by atoms with Gasteiger partial charge in [-0.1, -0.05) is 31.5 Å². The molecule has 1 aromatic heterocycles. The van der Waals surface area contributed by atoms with E-state index >= 15 is 0 Å². The lowest BCUT2D eigenvalue weighted by Gasteiger charge is -2.12. The van der Waals surface area contributed by atoms with Gasteiger partial charge in [-0.2, -0.15) is 0 Å². The third-order valence-corrected chi connectivity index (χ3v) is 5.49. The lowest BCUT2D eigenvalue weighted by molar-refractivity contribution is -0.127. The number of carbonyl (C=O) groups is 3. The molecule has 1 fully saturated rings. The van der Waals surface area contributed by atoms with E-state index in [1.54, 1.807) is 6.08 Å². The topological polar surface area (TPSA) is 66.5 Å². The molecule has 1 N–H and O–H groups in total. The average molecular weight is 386 g/mol. The maximum Gasteiger partial charge on any atom is 0.294 e. The molecule has 1 saturated heterocycles. The number of thioether (sulfide) groups is 1. The van der Waals surface area contributed by atoms with Gasteiger partial charge in [0.05, 0.1) is 4.91 Å². The van der Waals surface area contributed by atoms with Crippen LogP contribution in [0.15, 0.2) is 46.7 Å². The molecule has 0 atom stereocenters. The Kier molecular flexibility index (Phi) is 5.90. The van der Waals surface area contributed by atoms with Crippen molar-refractivity contribution in [3.8, 4) is 0 Å². The molecule has 2 heterocycles. The Balaban J connectivity index is 1.62. The first-order chi connectivity index (χ1) is 12.6. The Morgan fingerprint density at radius 2 is 1.96 bits per heavy atom. The van der Waals surface area contributed by atoms with Gasteiger partial charge in [-0.25, -0.2) is 0 Å². The van der Waals surface area contributed by atoms with Crippen molar-refractivity contribution in [1.82, 2.24) is 4.90 Å². The van der Waals surface area contributed by atoms with E-state index in [-0.39, 0.29) is 6.54 Å². The molecule has 7 heteroatoms. The number of anilines is 1. The largest absolute Gasteiger partial charge is 0.325 e. The smallest absolute Gasteiger partial charge is 0.294 e. The predicted octanol–water partition coefficient (Wildman–Crippen LogP) is 4.38. The summed E-state index contributed by atoms with van der Waals surface area (Å²) < 4.78 is 0. The Labute approximate surface area is 160 Å². The SMILES string of the molecule is CCCc1ccc(NC(=O)CN2C(=O)S/C(=C\c3cccs3)C2=O)cc1. The molecule has 5 nitrogen and oxygen atoms in total. The van der Waals surface area contributed by atoms with Crippen molar-refractivity contribution in [2.75, 3.05) is 11.9 Å². The second kappa shape index (κ2) is 8.33. The Morgan fingerprint density at radius 3 is 2.62 bits per heavy atom. The van der Waals surface area contributed by atoms with Crippen LogP contribution in [-0.4, -0.2) is 28.5 Å². The fourth-order valence-corrected chi connectivity index (χ4v) is 4.09. The molecule has 0 bridgehead atoms. The van der Waals surface area contributed by atoms with Gasteiger partial charge >= 0.3 is 0 Å². The quantitative estimate of drug-likeness (QED) is 0.749. The zero-order valence-corrected chi connectivity index (χ0v) is 15.9. The standard InChI is InChI=1S/C19H18N2O3S2/c1-2-4-13-6-8-14(9-7-13)20-17(22)12-21-18(23)16(26-19(21)24)11-15-5-3-10-25-15/h3,5-11H,2,4,12H2,1H3,(H,20,22)/b16-11-. The van der Waals surface area contributed by atoms with E-state index in [1.165, 1.54) is 16.9 Å². The number of nitrogens with zero attached hydrogens (tertiary/aromatic N) is 1. The first kappa shape index (κ1) is 18.4. The lowest BCUT2D eigenvalue weighted by Crippen LogP contribution is -2.36. The number of hydrogen-bond donors (Lipinski definition) is 1. The molecular weight excluding hydrogens is 368 g/mol. The van der Waals surface area contributed by atoms with Gasteiger partial charge in [-0.05, 0) is 53.4 Å². The number of aryl methyl sites for hydroxylation is 1. The molecule has 134 valence electrons. The van der Waals surface area contributed by atoms with E-state index in [0.717, 1.165) is 34.4 Å². The molecule has 0 spiro atoms. The van der Waals surface area contributed by atoms with Gasteiger partial charge in [0.2, 0.25) is 5.91 Å². The van der Waals surface area contributed by atoms with Crippen molar-refractivity contribution in [2.45, 2.75) is 19.8 Å².